The molecule has 2 rings (SSSR count). The van der Waals surface area contributed by atoms with Gasteiger partial charge in [-0.05, 0) is 34.5 Å². The van der Waals surface area contributed by atoms with Crippen LogP contribution in [0, 0.1) is 6.92 Å². The van der Waals surface area contributed by atoms with Crippen molar-refractivity contribution >= 4 is 27.4 Å². The van der Waals surface area contributed by atoms with Gasteiger partial charge in [0.05, 0.1) is 28.6 Å². The van der Waals surface area contributed by atoms with Gasteiger partial charge in [0.1, 0.15) is 12.1 Å². The Balaban J connectivity index is 2.13. The molecule has 17 heavy (non-hydrogen) atoms. The predicted molar refractivity (Wildman–Crippen MR) is 70.4 cm³/mol. The summed E-state index contributed by atoms with van der Waals surface area (Å²) in [5, 5.41) is 3.19. The summed E-state index contributed by atoms with van der Waals surface area (Å²) >= 11 is 3.47. The quantitative estimate of drug-likeness (QED) is 0.907. The fourth-order valence-electron chi connectivity index (χ4n) is 1.31. The molecule has 0 bridgehead atoms. The zero-order valence-electron chi connectivity index (χ0n) is 9.31. The van der Waals surface area contributed by atoms with Crippen LogP contribution in [-0.4, -0.2) is 15.0 Å². The van der Waals surface area contributed by atoms with Gasteiger partial charge in [0.25, 0.3) is 0 Å². The fraction of sp³-hybridized carbons (Fsp3) is 0.182. The summed E-state index contributed by atoms with van der Waals surface area (Å²) in [6.07, 6.45) is 4.87. The summed E-state index contributed by atoms with van der Waals surface area (Å²) in [5.41, 5.74) is 8.31. The number of nitrogen functional groups attached to an aromatic ring is 1. The Hall–Kier alpha value is -1.69. The molecule has 0 aliphatic rings. The highest BCUT2D eigenvalue weighted by molar-refractivity contribution is 9.10. The van der Waals surface area contributed by atoms with Crippen LogP contribution in [0.1, 0.15) is 11.3 Å². The Labute approximate surface area is 108 Å². The maximum Gasteiger partial charge on any atom is 0.141 e. The van der Waals surface area contributed by atoms with E-state index in [-0.39, 0.29) is 0 Å². The van der Waals surface area contributed by atoms with Crippen LogP contribution >= 0.6 is 15.9 Å². The molecular formula is C11H12BrN5. The molecule has 2 aromatic heterocycles. The number of hydrogen-bond donors (Lipinski definition) is 2. The van der Waals surface area contributed by atoms with Crippen LogP contribution in [0.4, 0.5) is 11.5 Å². The molecule has 0 atom stereocenters. The Bertz CT molecular complexity index is 515. The second-order valence-electron chi connectivity index (χ2n) is 3.56. The topological polar surface area (TPSA) is 76.7 Å². The Morgan fingerprint density at radius 2 is 2.24 bits per heavy atom. The number of aromatic nitrogens is 3. The van der Waals surface area contributed by atoms with Gasteiger partial charge in [-0.15, -0.1) is 0 Å². The first-order chi connectivity index (χ1) is 8.18. The van der Waals surface area contributed by atoms with Gasteiger partial charge in [-0.3, -0.25) is 0 Å². The van der Waals surface area contributed by atoms with Crippen molar-refractivity contribution in [3.05, 3.63) is 40.5 Å². The second kappa shape index (κ2) is 5.09. The van der Waals surface area contributed by atoms with Crippen molar-refractivity contribution in [1.29, 1.82) is 0 Å². The summed E-state index contributed by atoms with van der Waals surface area (Å²) in [5.74, 6) is 0.760. The van der Waals surface area contributed by atoms with Gasteiger partial charge < -0.3 is 11.1 Å². The van der Waals surface area contributed by atoms with E-state index in [0.29, 0.717) is 12.2 Å². The first kappa shape index (κ1) is 11.8. The van der Waals surface area contributed by atoms with Crippen molar-refractivity contribution < 1.29 is 0 Å². The van der Waals surface area contributed by atoms with Gasteiger partial charge in [0.2, 0.25) is 0 Å². The Morgan fingerprint density at radius 1 is 1.41 bits per heavy atom. The van der Waals surface area contributed by atoms with Crippen LogP contribution in [0.15, 0.2) is 29.3 Å². The Morgan fingerprint density at radius 3 is 2.94 bits per heavy atom. The van der Waals surface area contributed by atoms with E-state index in [1.165, 1.54) is 6.33 Å². The summed E-state index contributed by atoms with van der Waals surface area (Å²) in [6, 6.07) is 1.85. The molecule has 0 fully saturated rings. The average Bonchev–Trinajstić information content (AvgIpc) is 2.36. The molecule has 6 heteroatoms. The van der Waals surface area contributed by atoms with E-state index in [1.807, 2.05) is 13.0 Å². The minimum Gasteiger partial charge on any atom is -0.397 e. The lowest BCUT2D eigenvalue weighted by atomic mass is 10.2. The number of rotatable bonds is 3. The molecule has 2 heterocycles. The van der Waals surface area contributed by atoms with E-state index in [0.717, 1.165) is 21.5 Å². The molecule has 0 spiro atoms. The van der Waals surface area contributed by atoms with Crippen LogP contribution in [0.25, 0.3) is 0 Å². The van der Waals surface area contributed by atoms with Gasteiger partial charge in [-0.25, -0.2) is 15.0 Å². The minimum atomic E-state index is 0.595. The number of pyridine rings is 1. The molecule has 0 unspecified atom stereocenters. The molecule has 88 valence electrons. The van der Waals surface area contributed by atoms with E-state index in [2.05, 4.69) is 36.2 Å². The highest BCUT2D eigenvalue weighted by Gasteiger charge is 2.07. The normalized spacial score (nSPS) is 10.2. The maximum absolute atomic E-state index is 5.76. The molecule has 0 aromatic carbocycles. The third-order valence-corrected chi connectivity index (χ3v) is 3.35. The number of nitrogens with one attached hydrogen (secondary N) is 1. The zero-order valence-corrected chi connectivity index (χ0v) is 10.9. The highest BCUT2D eigenvalue weighted by Crippen LogP contribution is 2.27. The molecule has 0 amide bonds. The first-order valence-corrected chi connectivity index (χ1v) is 5.87. The monoisotopic (exact) mass is 293 g/mol. The van der Waals surface area contributed by atoms with Crippen LogP contribution in [0.2, 0.25) is 0 Å². The number of halogens is 1. The van der Waals surface area contributed by atoms with Gasteiger partial charge in [-0.2, -0.15) is 0 Å². The third-order valence-electron chi connectivity index (χ3n) is 2.38. The van der Waals surface area contributed by atoms with Crippen molar-refractivity contribution in [3.8, 4) is 0 Å². The van der Waals surface area contributed by atoms with Crippen molar-refractivity contribution in [1.82, 2.24) is 15.0 Å². The van der Waals surface area contributed by atoms with E-state index in [4.69, 9.17) is 5.73 Å². The molecule has 5 nitrogen and oxygen atoms in total. The number of hydrogen-bond acceptors (Lipinski definition) is 5. The maximum atomic E-state index is 5.76. The Kier molecular flexibility index (Phi) is 3.53. The van der Waals surface area contributed by atoms with Crippen LogP contribution in [0.3, 0.4) is 0 Å². The van der Waals surface area contributed by atoms with Crippen LogP contribution < -0.4 is 11.1 Å². The van der Waals surface area contributed by atoms with Crippen molar-refractivity contribution in [2.24, 2.45) is 0 Å². The fourth-order valence-corrected chi connectivity index (χ4v) is 1.78. The predicted octanol–water partition coefficient (Wildman–Crippen LogP) is 2.14. The van der Waals surface area contributed by atoms with E-state index in [9.17, 15) is 0 Å². The van der Waals surface area contributed by atoms with Crippen molar-refractivity contribution in [2.75, 3.05) is 11.1 Å². The molecule has 0 aliphatic carbocycles. The van der Waals surface area contributed by atoms with Gasteiger partial charge in [0.15, 0.2) is 0 Å². The van der Waals surface area contributed by atoms with E-state index < -0.39 is 0 Å². The van der Waals surface area contributed by atoms with E-state index >= 15 is 0 Å². The third kappa shape index (κ3) is 2.71. The van der Waals surface area contributed by atoms with Gasteiger partial charge in [0, 0.05) is 6.20 Å². The average molecular weight is 294 g/mol. The lowest BCUT2D eigenvalue weighted by molar-refractivity contribution is 0.993. The molecule has 0 saturated heterocycles. The zero-order chi connectivity index (χ0) is 12.3. The molecule has 0 radical (unpaired) electrons. The second-order valence-corrected chi connectivity index (χ2v) is 4.35. The molecular weight excluding hydrogens is 282 g/mol. The van der Waals surface area contributed by atoms with E-state index in [1.54, 1.807) is 12.4 Å². The van der Waals surface area contributed by atoms with Crippen LogP contribution in [0.5, 0.6) is 0 Å². The number of nitrogens with two attached hydrogens (primary N) is 1. The first-order valence-electron chi connectivity index (χ1n) is 5.08. The molecule has 0 saturated carbocycles. The van der Waals surface area contributed by atoms with Crippen molar-refractivity contribution in [2.45, 2.75) is 13.5 Å². The van der Waals surface area contributed by atoms with Gasteiger partial charge in [-0.1, -0.05) is 0 Å². The minimum absolute atomic E-state index is 0.595. The summed E-state index contributed by atoms with van der Waals surface area (Å²) in [4.78, 5) is 12.2. The summed E-state index contributed by atoms with van der Waals surface area (Å²) < 4.78 is 0.881. The van der Waals surface area contributed by atoms with Crippen molar-refractivity contribution in [3.63, 3.8) is 0 Å². The summed E-state index contributed by atoms with van der Waals surface area (Å²) in [7, 11) is 0. The largest absolute Gasteiger partial charge is 0.397 e. The van der Waals surface area contributed by atoms with Gasteiger partial charge >= 0.3 is 0 Å². The van der Waals surface area contributed by atoms with Crippen LogP contribution in [-0.2, 0) is 6.54 Å². The lowest BCUT2D eigenvalue weighted by Crippen LogP contribution is -2.05. The lowest BCUT2D eigenvalue weighted by Gasteiger charge is -2.10. The highest BCUT2D eigenvalue weighted by atomic mass is 79.9. The standard InChI is InChI=1S/C11H12BrN5/c1-7-9(13)5-16-11(10(7)12)15-4-8-2-3-14-6-17-8/h2-3,5-6H,4,13H2,1H3,(H,15,16). The SMILES string of the molecule is Cc1c(N)cnc(NCc2ccncn2)c1Br. The summed E-state index contributed by atoms with van der Waals surface area (Å²) in [6.45, 7) is 2.54. The number of nitrogens with zero attached hydrogens (tertiary/aromatic N) is 3. The number of anilines is 2. The molecule has 2 aromatic rings. The molecule has 3 N–H and O–H groups in total. The smallest absolute Gasteiger partial charge is 0.141 e. The molecule has 0 aliphatic heterocycles.